The van der Waals surface area contributed by atoms with E-state index in [2.05, 4.69) is 5.32 Å². The van der Waals surface area contributed by atoms with Gasteiger partial charge in [-0.15, -0.1) is 0 Å². The summed E-state index contributed by atoms with van der Waals surface area (Å²) in [6, 6.07) is 16.1. The Morgan fingerprint density at radius 3 is 1.96 bits per heavy atom. The second kappa shape index (κ2) is 17.4. The predicted octanol–water partition coefficient (Wildman–Crippen LogP) is 1.88. The maximum Gasteiger partial charge on any atom is 0.509 e. The van der Waals surface area contributed by atoms with Gasteiger partial charge in [0.25, 0.3) is 5.56 Å². The van der Waals surface area contributed by atoms with Crippen LogP contribution in [0.5, 0.6) is 0 Å². The summed E-state index contributed by atoms with van der Waals surface area (Å²) in [7, 11) is 0. The third kappa shape index (κ3) is 10.0. The molecule has 0 radical (unpaired) electrons. The first-order valence-corrected chi connectivity index (χ1v) is 15.3. The highest BCUT2D eigenvalue weighted by molar-refractivity contribution is 5.82. The fourth-order valence-corrected chi connectivity index (χ4v) is 5.01. The van der Waals surface area contributed by atoms with Gasteiger partial charge in [-0.1, -0.05) is 60.7 Å². The highest BCUT2D eigenvalue weighted by Gasteiger charge is 2.57. The number of ether oxygens (including phenoxy) is 7. The minimum atomic E-state index is -1.95. The van der Waals surface area contributed by atoms with Crippen molar-refractivity contribution in [2.24, 2.45) is 0 Å². The van der Waals surface area contributed by atoms with Crippen LogP contribution in [0.15, 0.2) is 82.5 Å². The van der Waals surface area contributed by atoms with Crippen LogP contribution in [-0.2, 0) is 60.8 Å². The Hall–Kier alpha value is -5.97. The van der Waals surface area contributed by atoms with E-state index in [9.17, 15) is 33.6 Å². The molecule has 0 aliphatic carbocycles. The zero-order valence-corrected chi connectivity index (χ0v) is 27.2. The number of nitrogens with zero attached hydrogens (tertiary/aromatic N) is 1. The molecule has 1 aliphatic heterocycles. The van der Waals surface area contributed by atoms with Crippen LogP contribution in [0.25, 0.3) is 0 Å². The molecular formula is C33H35N3O14. The molecule has 0 spiro atoms. The van der Waals surface area contributed by atoms with Crippen molar-refractivity contribution in [1.82, 2.24) is 14.9 Å². The smallest absolute Gasteiger partial charge is 0.464 e. The van der Waals surface area contributed by atoms with Crippen molar-refractivity contribution < 1.29 is 57.1 Å². The van der Waals surface area contributed by atoms with E-state index in [4.69, 9.17) is 33.2 Å². The number of aromatic amines is 1. The number of carbonyl (C=O) groups is 5. The lowest BCUT2D eigenvalue weighted by atomic mass is 9.98. The van der Waals surface area contributed by atoms with Crippen LogP contribution in [0, 0.1) is 0 Å². The van der Waals surface area contributed by atoms with Crippen molar-refractivity contribution in [2.45, 2.75) is 70.7 Å². The fraction of sp³-hybridized carbons (Fsp3) is 0.364. The number of alkyl carbamates (subject to hydrolysis) is 1. The average Bonchev–Trinajstić information content (AvgIpc) is 3.40. The van der Waals surface area contributed by atoms with E-state index in [1.54, 1.807) is 60.7 Å². The zero-order chi connectivity index (χ0) is 36.2. The Bertz CT molecular complexity index is 1760. The molecule has 17 heteroatoms. The van der Waals surface area contributed by atoms with Gasteiger partial charge >= 0.3 is 35.8 Å². The molecule has 266 valence electrons. The molecule has 1 fully saturated rings. The van der Waals surface area contributed by atoms with E-state index in [0.717, 1.165) is 30.7 Å². The Morgan fingerprint density at radius 2 is 1.40 bits per heavy atom. The summed E-state index contributed by atoms with van der Waals surface area (Å²) in [4.78, 5) is 91.1. The molecule has 1 aromatic heterocycles. The summed E-state index contributed by atoms with van der Waals surface area (Å²) < 4.78 is 39.2. The number of benzene rings is 2. The van der Waals surface area contributed by atoms with Crippen molar-refractivity contribution in [1.29, 1.82) is 0 Å². The maximum atomic E-state index is 13.5. The van der Waals surface area contributed by atoms with Gasteiger partial charge < -0.3 is 38.5 Å². The monoisotopic (exact) mass is 697 g/mol. The predicted molar refractivity (Wildman–Crippen MR) is 168 cm³/mol. The third-order valence-electron chi connectivity index (χ3n) is 7.07. The molecule has 17 nitrogen and oxygen atoms in total. The van der Waals surface area contributed by atoms with Gasteiger partial charge in [0, 0.05) is 26.1 Å². The van der Waals surface area contributed by atoms with Crippen molar-refractivity contribution >= 4 is 30.2 Å². The van der Waals surface area contributed by atoms with Gasteiger partial charge in [-0.3, -0.25) is 23.9 Å². The molecule has 0 saturated carbocycles. The number of carbonyl (C=O) groups excluding carboxylic acids is 5. The number of nitrogens with one attached hydrogen (secondary N) is 2. The van der Waals surface area contributed by atoms with Crippen molar-refractivity contribution in [3.8, 4) is 0 Å². The highest BCUT2D eigenvalue weighted by atomic mass is 16.7. The molecule has 6 unspecified atom stereocenters. The summed E-state index contributed by atoms with van der Waals surface area (Å²) in [6.45, 7) is 2.86. The van der Waals surface area contributed by atoms with Gasteiger partial charge in [-0.2, -0.15) is 0 Å². The molecule has 50 heavy (non-hydrogen) atoms. The van der Waals surface area contributed by atoms with Gasteiger partial charge in [0.15, 0.2) is 30.6 Å². The number of hydrogen-bond donors (Lipinski definition) is 2. The highest BCUT2D eigenvalue weighted by Crippen LogP contribution is 2.37. The molecule has 1 aliphatic rings. The number of amides is 1. The molecule has 1 saturated heterocycles. The van der Waals surface area contributed by atoms with E-state index in [-0.39, 0.29) is 19.8 Å². The molecule has 0 bridgehead atoms. The van der Waals surface area contributed by atoms with Crippen LogP contribution >= 0.6 is 0 Å². The minimum absolute atomic E-state index is 0.189. The van der Waals surface area contributed by atoms with Crippen LogP contribution < -0.4 is 16.6 Å². The molecule has 2 N–H and O–H groups in total. The lowest BCUT2D eigenvalue weighted by Gasteiger charge is -2.32. The standard InChI is InChI=1S/C33H35N3O14/c1-4-44-30(40)24(35-32(42)45-17-21-11-7-5-8-12-21)25(50-33(43)46-18-22-13-9-6-10-14-22)26-27(47-19(2)37)28(48-20(3)38)29(49-26)36-16-15-23(39)34-31(36)41/h5-16,24-29H,4,17-18H2,1-3H3,(H,35,42)(H,34,39,41). The summed E-state index contributed by atoms with van der Waals surface area (Å²) >= 11 is 0. The number of hydrogen-bond acceptors (Lipinski definition) is 14. The van der Waals surface area contributed by atoms with Gasteiger partial charge in [-0.25, -0.2) is 19.2 Å². The first-order valence-electron chi connectivity index (χ1n) is 15.3. The number of aromatic nitrogens is 2. The van der Waals surface area contributed by atoms with Gasteiger partial charge in [0.1, 0.15) is 19.3 Å². The number of rotatable bonds is 13. The quantitative estimate of drug-likeness (QED) is 0.193. The van der Waals surface area contributed by atoms with E-state index in [1.807, 2.05) is 4.98 Å². The third-order valence-corrected chi connectivity index (χ3v) is 7.07. The van der Waals surface area contributed by atoms with Gasteiger partial charge in [-0.05, 0) is 18.1 Å². The molecule has 6 atom stereocenters. The maximum absolute atomic E-state index is 13.5. The molecule has 3 aromatic rings. The topological polar surface area (TPSA) is 217 Å². The van der Waals surface area contributed by atoms with Crippen LogP contribution in [0.2, 0.25) is 0 Å². The SMILES string of the molecule is CCOC(=O)C(NC(=O)OCc1ccccc1)C(OC(=O)OCc1ccccc1)C1OC(n2ccc(=O)[nH]c2=O)C(OC(C)=O)C1OC(C)=O. The zero-order valence-electron chi connectivity index (χ0n) is 27.2. The lowest BCUT2D eigenvalue weighted by Crippen LogP contribution is -2.58. The van der Waals surface area contributed by atoms with E-state index in [0.29, 0.717) is 11.1 Å². The lowest BCUT2D eigenvalue weighted by molar-refractivity contribution is -0.168. The van der Waals surface area contributed by atoms with Crippen LogP contribution in [0.1, 0.15) is 38.1 Å². The van der Waals surface area contributed by atoms with E-state index in [1.165, 1.54) is 6.92 Å². The summed E-state index contributed by atoms with van der Waals surface area (Å²) in [6.07, 6.45) is -10.1. The van der Waals surface area contributed by atoms with E-state index < -0.39 is 78.1 Å². The average molecular weight is 698 g/mol. The molecular weight excluding hydrogens is 662 g/mol. The van der Waals surface area contributed by atoms with Crippen LogP contribution in [0.3, 0.4) is 0 Å². The Labute approximate surface area is 284 Å². The summed E-state index contributed by atoms with van der Waals surface area (Å²) in [5.74, 6) is -2.96. The Balaban J connectivity index is 1.76. The Kier molecular flexibility index (Phi) is 12.9. The van der Waals surface area contributed by atoms with Crippen LogP contribution in [-0.4, -0.2) is 76.8 Å². The molecule has 4 rings (SSSR count). The normalized spacial score (nSPS) is 19.3. The summed E-state index contributed by atoms with van der Waals surface area (Å²) in [5, 5.41) is 2.32. The first-order chi connectivity index (χ1) is 24.0. The minimum Gasteiger partial charge on any atom is -0.464 e. The number of H-pyrrole nitrogens is 1. The van der Waals surface area contributed by atoms with Crippen molar-refractivity contribution in [3.05, 3.63) is 105 Å². The van der Waals surface area contributed by atoms with E-state index >= 15 is 0 Å². The Morgan fingerprint density at radius 1 is 0.820 bits per heavy atom. The molecule has 2 aromatic carbocycles. The first kappa shape index (κ1) is 36.9. The van der Waals surface area contributed by atoms with Crippen molar-refractivity contribution in [3.63, 3.8) is 0 Å². The van der Waals surface area contributed by atoms with Crippen LogP contribution in [0.4, 0.5) is 9.59 Å². The fourth-order valence-electron chi connectivity index (χ4n) is 5.01. The van der Waals surface area contributed by atoms with Crippen molar-refractivity contribution in [2.75, 3.05) is 6.61 Å². The largest absolute Gasteiger partial charge is 0.509 e. The van der Waals surface area contributed by atoms with Gasteiger partial charge in [0.05, 0.1) is 6.61 Å². The molecule has 2 heterocycles. The van der Waals surface area contributed by atoms with Gasteiger partial charge in [0.2, 0.25) is 0 Å². The second-order valence-corrected chi connectivity index (χ2v) is 10.7. The molecule has 1 amide bonds. The second-order valence-electron chi connectivity index (χ2n) is 10.7. The summed E-state index contributed by atoms with van der Waals surface area (Å²) in [5.41, 5.74) is -0.580. The number of esters is 3.